The fourth-order valence-corrected chi connectivity index (χ4v) is 4.19. The molecule has 1 aromatic carbocycles. The molecule has 0 aliphatic carbocycles. The molecule has 0 bridgehead atoms. The van der Waals surface area contributed by atoms with E-state index in [0.29, 0.717) is 17.7 Å². The third-order valence-corrected chi connectivity index (χ3v) is 5.88. The number of imidazole rings is 1. The molecule has 1 fully saturated rings. The van der Waals surface area contributed by atoms with Crippen molar-refractivity contribution in [3.8, 4) is 5.75 Å². The molecule has 0 amide bonds. The molecule has 1 aliphatic heterocycles. The number of phenolic OH excluding ortho intramolecular Hbond substituents is 1. The van der Waals surface area contributed by atoms with Gasteiger partial charge in [0, 0.05) is 68.7 Å². The lowest BCUT2D eigenvalue weighted by atomic mass is 10.1. The topological polar surface area (TPSA) is 74.2 Å². The Morgan fingerprint density at radius 3 is 2.60 bits per heavy atom. The van der Waals surface area contributed by atoms with Gasteiger partial charge in [0.2, 0.25) is 0 Å². The minimum absolute atomic E-state index is 0.142. The second kappa shape index (κ2) is 7.59. The summed E-state index contributed by atoms with van der Waals surface area (Å²) < 4.78 is 7.41. The summed E-state index contributed by atoms with van der Waals surface area (Å²) in [4.78, 5) is 21.5. The number of aromatic nitrogens is 2. The fourth-order valence-electron chi connectivity index (χ4n) is 4.19. The standard InChI is InChI=1S/C23H24N4O3/c1-16-20(28)6-5-19-17(12-22(29)30-23(16)19)13-25-8-10-26(11-9-25)14-18-15-27-7-3-2-4-21(27)24-18/h2-7,12,15,28H,8-11,13-14H2,1H3. The van der Waals surface area contributed by atoms with Crippen LogP contribution in [0.15, 0.2) is 58.0 Å². The van der Waals surface area contributed by atoms with Crippen molar-refractivity contribution in [1.29, 1.82) is 0 Å². The predicted octanol–water partition coefficient (Wildman–Crippen LogP) is 2.77. The predicted molar refractivity (Wildman–Crippen MR) is 115 cm³/mol. The van der Waals surface area contributed by atoms with Crippen molar-refractivity contribution in [3.63, 3.8) is 0 Å². The van der Waals surface area contributed by atoms with Crippen LogP contribution in [0.4, 0.5) is 0 Å². The zero-order valence-corrected chi connectivity index (χ0v) is 16.9. The van der Waals surface area contributed by atoms with E-state index in [-0.39, 0.29) is 11.4 Å². The van der Waals surface area contributed by atoms with Crippen molar-refractivity contribution >= 4 is 16.6 Å². The highest BCUT2D eigenvalue weighted by atomic mass is 16.4. The molecule has 1 N–H and O–H groups in total. The Morgan fingerprint density at radius 2 is 1.83 bits per heavy atom. The quantitative estimate of drug-likeness (QED) is 0.527. The van der Waals surface area contributed by atoms with Gasteiger partial charge in [-0.2, -0.15) is 0 Å². The van der Waals surface area contributed by atoms with Crippen molar-refractivity contribution in [2.75, 3.05) is 26.2 Å². The van der Waals surface area contributed by atoms with E-state index in [1.807, 2.05) is 30.5 Å². The van der Waals surface area contributed by atoms with Crippen LogP contribution in [0.2, 0.25) is 0 Å². The maximum absolute atomic E-state index is 12.1. The minimum atomic E-state index is -0.378. The van der Waals surface area contributed by atoms with Gasteiger partial charge in [0.1, 0.15) is 17.0 Å². The van der Waals surface area contributed by atoms with Gasteiger partial charge in [-0.05, 0) is 36.8 Å². The Kier molecular flexibility index (Phi) is 4.77. The average Bonchev–Trinajstić information content (AvgIpc) is 3.15. The monoisotopic (exact) mass is 404 g/mol. The van der Waals surface area contributed by atoms with E-state index in [1.165, 1.54) is 0 Å². The van der Waals surface area contributed by atoms with E-state index in [9.17, 15) is 9.90 Å². The number of aromatic hydroxyl groups is 1. The van der Waals surface area contributed by atoms with E-state index in [0.717, 1.165) is 55.0 Å². The molecule has 0 radical (unpaired) electrons. The van der Waals surface area contributed by atoms with E-state index in [2.05, 4.69) is 20.4 Å². The van der Waals surface area contributed by atoms with Crippen molar-refractivity contribution in [3.05, 3.63) is 76.0 Å². The number of aryl methyl sites for hydroxylation is 1. The zero-order valence-electron chi connectivity index (χ0n) is 16.9. The number of hydrogen-bond acceptors (Lipinski definition) is 6. The molecule has 0 saturated carbocycles. The number of benzene rings is 1. The third-order valence-electron chi connectivity index (χ3n) is 5.88. The second-order valence-electron chi connectivity index (χ2n) is 7.93. The molecular weight excluding hydrogens is 380 g/mol. The highest BCUT2D eigenvalue weighted by Crippen LogP contribution is 2.28. The summed E-state index contributed by atoms with van der Waals surface area (Å²) in [6, 6.07) is 11.1. The summed E-state index contributed by atoms with van der Waals surface area (Å²) in [5, 5.41) is 10.8. The van der Waals surface area contributed by atoms with Gasteiger partial charge in [0.15, 0.2) is 0 Å². The molecule has 0 unspecified atom stereocenters. The van der Waals surface area contributed by atoms with Gasteiger partial charge >= 0.3 is 5.63 Å². The van der Waals surface area contributed by atoms with Crippen LogP contribution in [0.3, 0.4) is 0 Å². The van der Waals surface area contributed by atoms with Gasteiger partial charge in [-0.25, -0.2) is 9.78 Å². The number of nitrogens with zero attached hydrogens (tertiary/aromatic N) is 4. The normalized spacial score (nSPS) is 15.9. The number of hydrogen-bond donors (Lipinski definition) is 1. The first-order chi connectivity index (χ1) is 14.6. The first kappa shape index (κ1) is 18.8. The van der Waals surface area contributed by atoms with E-state index in [1.54, 1.807) is 19.1 Å². The molecule has 1 saturated heterocycles. The lowest BCUT2D eigenvalue weighted by Crippen LogP contribution is -2.45. The Balaban J connectivity index is 1.27. The molecule has 4 aromatic rings. The van der Waals surface area contributed by atoms with Crippen LogP contribution in [0.1, 0.15) is 16.8 Å². The van der Waals surface area contributed by atoms with E-state index < -0.39 is 0 Å². The van der Waals surface area contributed by atoms with E-state index >= 15 is 0 Å². The van der Waals surface area contributed by atoms with Crippen LogP contribution in [0, 0.1) is 6.92 Å². The Hall–Kier alpha value is -3.16. The molecule has 3 aromatic heterocycles. The first-order valence-corrected chi connectivity index (χ1v) is 10.2. The van der Waals surface area contributed by atoms with E-state index in [4.69, 9.17) is 9.40 Å². The minimum Gasteiger partial charge on any atom is -0.508 e. The van der Waals surface area contributed by atoms with Gasteiger partial charge in [-0.1, -0.05) is 6.07 Å². The lowest BCUT2D eigenvalue weighted by Gasteiger charge is -2.34. The van der Waals surface area contributed by atoms with Crippen molar-refractivity contribution in [1.82, 2.24) is 19.2 Å². The number of rotatable bonds is 4. The molecule has 154 valence electrons. The molecule has 7 heteroatoms. The van der Waals surface area contributed by atoms with Crippen LogP contribution in [0.5, 0.6) is 5.75 Å². The maximum Gasteiger partial charge on any atom is 0.336 e. The number of piperazine rings is 1. The molecule has 30 heavy (non-hydrogen) atoms. The number of pyridine rings is 1. The highest BCUT2D eigenvalue weighted by Gasteiger charge is 2.20. The van der Waals surface area contributed by atoms with Crippen LogP contribution >= 0.6 is 0 Å². The Bertz CT molecular complexity index is 1240. The van der Waals surface area contributed by atoms with Crippen LogP contribution in [-0.4, -0.2) is 50.5 Å². The van der Waals surface area contributed by atoms with Crippen molar-refractivity contribution < 1.29 is 9.52 Å². The van der Waals surface area contributed by atoms with Crippen molar-refractivity contribution in [2.24, 2.45) is 0 Å². The molecule has 0 atom stereocenters. The molecule has 0 spiro atoms. The summed E-state index contributed by atoms with van der Waals surface area (Å²) in [6.45, 7) is 7.04. The fraction of sp³-hybridized carbons (Fsp3) is 0.304. The number of fused-ring (bicyclic) bond motifs is 2. The van der Waals surface area contributed by atoms with Crippen LogP contribution in [-0.2, 0) is 13.1 Å². The third kappa shape index (κ3) is 3.58. The SMILES string of the molecule is Cc1c(O)ccc2c(CN3CCN(Cc4cn5ccccc5n4)CC3)cc(=O)oc12. The van der Waals surface area contributed by atoms with Crippen LogP contribution in [0.25, 0.3) is 16.6 Å². The van der Waals surface area contributed by atoms with Crippen LogP contribution < -0.4 is 5.63 Å². The van der Waals surface area contributed by atoms with Gasteiger partial charge in [-0.15, -0.1) is 0 Å². The zero-order chi connectivity index (χ0) is 20.7. The van der Waals surface area contributed by atoms with Gasteiger partial charge < -0.3 is 13.9 Å². The summed E-state index contributed by atoms with van der Waals surface area (Å²) >= 11 is 0. The summed E-state index contributed by atoms with van der Waals surface area (Å²) in [5.74, 6) is 0.142. The molecular formula is C23H24N4O3. The Labute approximate surface area is 173 Å². The number of phenols is 1. The maximum atomic E-state index is 12.1. The van der Waals surface area contributed by atoms with Gasteiger partial charge in [-0.3, -0.25) is 9.80 Å². The highest BCUT2D eigenvalue weighted by molar-refractivity contribution is 5.84. The smallest absolute Gasteiger partial charge is 0.336 e. The average molecular weight is 404 g/mol. The second-order valence-corrected chi connectivity index (χ2v) is 7.93. The molecule has 1 aliphatic rings. The van der Waals surface area contributed by atoms with Gasteiger partial charge in [0.25, 0.3) is 0 Å². The molecule has 7 nitrogen and oxygen atoms in total. The summed E-state index contributed by atoms with van der Waals surface area (Å²) in [6.07, 6.45) is 4.11. The van der Waals surface area contributed by atoms with Crippen molar-refractivity contribution in [2.45, 2.75) is 20.0 Å². The lowest BCUT2D eigenvalue weighted by molar-refractivity contribution is 0.121. The van der Waals surface area contributed by atoms with Gasteiger partial charge in [0.05, 0.1) is 5.69 Å². The largest absolute Gasteiger partial charge is 0.508 e. The molecule has 4 heterocycles. The summed E-state index contributed by atoms with van der Waals surface area (Å²) in [5.41, 5.74) is 3.69. The Morgan fingerprint density at radius 1 is 1.07 bits per heavy atom. The molecule has 5 rings (SSSR count). The summed E-state index contributed by atoms with van der Waals surface area (Å²) in [7, 11) is 0. The first-order valence-electron chi connectivity index (χ1n) is 10.2.